The predicted octanol–water partition coefficient (Wildman–Crippen LogP) is 3.71. The van der Waals surface area contributed by atoms with E-state index in [0.29, 0.717) is 21.9 Å². The van der Waals surface area contributed by atoms with E-state index in [9.17, 15) is 9.90 Å². The van der Waals surface area contributed by atoms with Gasteiger partial charge in [0.15, 0.2) is 0 Å². The fourth-order valence-electron chi connectivity index (χ4n) is 1.74. The van der Waals surface area contributed by atoms with E-state index in [1.807, 2.05) is 6.07 Å². The number of carboxylic acid groups (broad SMARTS) is 1. The molecule has 0 saturated heterocycles. The van der Waals surface area contributed by atoms with Crippen LogP contribution in [0.2, 0.25) is 5.02 Å². The molecule has 3 nitrogen and oxygen atoms in total. The van der Waals surface area contributed by atoms with Gasteiger partial charge in [0.1, 0.15) is 5.75 Å². The lowest BCUT2D eigenvalue weighted by Crippen LogP contribution is -2.00. The molecular weight excluding hydrogens is 252 g/mol. The first-order valence-corrected chi connectivity index (χ1v) is 5.67. The van der Waals surface area contributed by atoms with Crippen molar-refractivity contribution in [2.24, 2.45) is 0 Å². The Morgan fingerprint density at radius 2 is 1.89 bits per heavy atom. The average Bonchev–Trinajstić information content (AvgIpc) is 2.38. The first kappa shape index (κ1) is 12.5. The van der Waals surface area contributed by atoms with Crippen molar-refractivity contribution in [2.75, 3.05) is 7.11 Å². The summed E-state index contributed by atoms with van der Waals surface area (Å²) in [6.45, 7) is 0. The Balaban J connectivity index is 2.68. The summed E-state index contributed by atoms with van der Waals surface area (Å²) in [6, 6.07) is 11.9. The van der Waals surface area contributed by atoms with Crippen molar-refractivity contribution in [2.45, 2.75) is 0 Å². The van der Waals surface area contributed by atoms with Crippen molar-refractivity contribution in [3.8, 4) is 16.9 Å². The van der Waals surface area contributed by atoms with Gasteiger partial charge in [0.2, 0.25) is 0 Å². The molecular formula is C14H11ClO3. The van der Waals surface area contributed by atoms with E-state index in [-0.39, 0.29) is 5.56 Å². The molecule has 1 N–H and O–H groups in total. The Morgan fingerprint density at radius 3 is 2.50 bits per heavy atom. The van der Waals surface area contributed by atoms with E-state index in [4.69, 9.17) is 16.3 Å². The number of aromatic carboxylic acids is 1. The van der Waals surface area contributed by atoms with Crippen LogP contribution in [0.5, 0.6) is 5.75 Å². The Bertz CT molecular complexity index is 593. The monoisotopic (exact) mass is 262 g/mol. The van der Waals surface area contributed by atoms with Crippen LogP contribution in [-0.2, 0) is 0 Å². The summed E-state index contributed by atoms with van der Waals surface area (Å²) >= 11 is 6.10. The van der Waals surface area contributed by atoms with E-state index >= 15 is 0 Å². The molecule has 2 aromatic rings. The van der Waals surface area contributed by atoms with Gasteiger partial charge >= 0.3 is 5.97 Å². The van der Waals surface area contributed by atoms with Crippen molar-refractivity contribution in [3.05, 3.63) is 53.1 Å². The van der Waals surface area contributed by atoms with Gasteiger partial charge in [-0.25, -0.2) is 4.79 Å². The second-order valence-corrected chi connectivity index (χ2v) is 4.10. The molecule has 0 saturated carbocycles. The van der Waals surface area contributed by atoms with Crippen LogP contribution in [0, 0.1) is 0 Å². The molecule has 0 radical (unpaired) electrons. The SMILES string of the molecule is COc1ccc(C(=O)O)c(-c2ccccc2Cl)c1. The normalized spacial score (nSPS) is 10.1. The minimum absolute atomic E-state index is 0.198. The van der Waals surface area contributed by atoms with Gasteiger partial charge in [-0.15, -0.1) is 0 Å². The van der Waals surface area contributed by atoms with Gasteiger partial charge in [-0.2, -0.15) is 0 Å². The minimum Gasteiger partial charge on any atom is -0.497 e. The van der Waals surface area contributed by atoms with E-state index in [0.717, 1.165) is 0 Å². The van der Waals surface area contributed by atoms with Crippen molar-refractivity contribution < 1.29 is 14.6 Å². The van der Waals surface area contributed by atoms with Crippen LogP contribution in [0.4, 0.5) is 0 Å². The van der Waals surface area contributed by atoms with Crippen molar-refractivity contribution in [1.82, 2.24) is 0 Å². The van der Waals surface area contributed by atoms with Crippen molar-refractivity contribution >= 4 is 17.6 Å². The van der Waals surface area contributed by atoms with Gasteiger partial charge < -0.3 is 9.84 Å². The second-order valence-electron chi connectivity index (χ2n) is 3.70. The fourth-order valence-corrected chi connectivity index (χ4v) is 1.98. The molecule has 2 rings (SSSR count). The van der Waals surface area contributed by atoms with Crippen LogP contribution in [0.3, 0.4) is 0 Å². The van der Waals surface area contributed by atoms with E-state index in [1.54, 1.807) is 30.3 Å². The zero-order valence-corrected chi connectivity index (χ0v) is 10.4. The highest BCUT2D eigenvalue weighted by Gasteiger charge is 2.14. The first-order chi connectivity index (χ1) is 8.63. The summed E-state index contributed by atoms with van der Waals surface area (Å²) in [5.74, 6) is -0.400. The van der Waals surface area contributed by atoms with Gasteiger partial charge in [0, 0.05) is 16.1 Å². The fraction of sp³-hybridized carbons (Fsp3) is 0.0714. The Kier molecular flexibility index (Phi) is 3.53. The number of benzene rings is 2. The Morgan fingerprint density at radius 1 is 1.17 bits per heavy atom. The quantitative estimate of drug-likeness (QED) is 0.917. The summed E-state index contributed by atoms with van der Waals surface area (Å²) < 4.78 is 5.11. The minimum atomic E-state index is -0.993. The number of ether oxygens (including phenoxy) is 1. The Labute approximate surface area is 110 Å². The highest BCUT2D eigenvalue weighted by molar-refractivity contribution is 6.33. The predicted molar refractivity (Wildman–Crippen MR) is 70.4 cm³/mol. The number of hydrogen-bond acceptors (Lipinski definition) is 2. The smallest absolute Gasteiger partial charge is 0.336 e. The molecule has 0 spiro atoms. The van der Waals surface area contributed by atoms with Crippen LogP contribution >= 0.6 is 11.6 Å². The Hall–Kier alpha value is -2.00. The number of carboxylic acids is 1. The third-order valence-corrected chi connectivity index (χ3v) is 2.95. The van der Waals surface area contributed by atoms with Gasteiger partial charge in [0.25, 0.3) is 0 Å². The highest BCUT2D eigenvalue weighted by atomic mass is 35.5. The summed E-state index contributed by atoms with van der Waals surface area (Å²) in [6.07, 6.45) is 0. The van der Waals surface area contributed by atoms with Crippen molar-refractivity contribution in [1.29, 1.82) is 0 Å². The zero-order chi connectivity index (χ0) is 13.1. The molecule has 0 atom stereocenters. The molecule has 0 aliphatic rings. The molecule has 0 bridgehead atoms. The van der Waals surface area contributed by atoms with Crippen LogP contribution in [0.15, 0.2) is 42.5 Å². The third-order valence-electron chi connectivity index (χ3n) is 2.62. The summed E-state index contributed by atoms with van der Waals surface area (Å²) in [7, 11) is 1.53. The standard InChI is InChI=1S/C14H11ClO3/c1-18-9-6-7-11(14(16)17)12(8-9)10-4-2-3-5-13(10)15/h2-8H,1H3,(H,16,17). The van der Waals surface area contributed by atoms with Gasteiger partial charge in [-0.1, -0.05) is 29.8 Å². The maximum absolute atomic E-state index is 11.2. The van der Waals surface area contributed by atoms with E-state index < -0.39 is 5.97 Å². The molecule has 0 aliphatic heterocycles. The van der Waals surface area contributed by atoms with Gasteiger partial charge in [0.05, 0.1) is 12.7 Å². The molecule has 18 heavy (non-hydrogen) atoms. The molecule has 0 aliphatic carbocycles. The largest absolute Gasteiger partial charge is 0.497 e. The number of methoxy groups -OCH3 is 1. The van der Waals surface area contributed by atoms with Crippen LogP contribution < -0.4 is 4.74 Å². The molecule has 0 amide bonds. The van der Waals surface area contributed by atoms with Crippen LogP contribution in [0.1, 0.15) is 10.4 Å². The number of carbonyl (C=O) groups is 1. The van der Waals surface area contributed by atoms with E-state index in [2.05, 4.69) is 0 Å². The molecule has 0 unspecified atom stereocenters. The lowest BCUT2D eigenvalue weighted by Gasteiger charge is -2.10. The van der Waals surface area contributed by atoms with Gasteiger partial charge in [-0.3, -0.25) is 0 Å². The summed E-state index contributed by atoms with van der Waals surface area (Å²) in [5.41, 5.74) is 1.42. The highest BCUT2D eigenvalue weighted by Crippen LogP contribution is 2.32. The molecule has 2 aromatic carbocycles. The molecule has 0 aromatic heterocycles. The average molecular weight is 263 g/mol. The topological polar surface area (TPSA) is 46.5 Å². The van der Waals surface area contributed by atoms with Crippen LogP contribution in [-0.4, -0.2) is 18.2 Å². The van der Waals surface area contributed by atoms with Crippen LogP contribution in [0.25, 0.3) is 11.1 Å². The second kappa shape index (κ2) is 5.10. The van der Waals surface area contributed by atoms with Crippen molar-refractivity contribution in [3.63, 3.8) is 0 Å². The zero-order valence-electron chi connectivity index (χ0n) is 9.68. The molecule has 92 valence electrons. The molecule has 4 heteroatoms. The molecule has 0 heterocycles. The third kappa shape index (κ3) is 2.31. The molecule has 0 fully saturated rings. The number of halogens is 1. The maximum Gasteiger partial charge on any atom is 0.336 e. The van der Waals surface area contributed by atoms with Gasteiger partial charge in [-0.05, 0) is 24.3 Å². The first-order valence-electron chi connectivity index (χ1n) is 5.29. The summed E-state index contributed by atoms with van der Waals surface area (Å²) in [5, 5.41) is 9.71. The lowest BCUT2D eigenvalue weighted by molar-refractivity contribution is 0.0697. The summed E-state index contributed by atoms with van der Waals surface area (Å²) in [4.78, 5) is 11.2. The number of hydrogen-bond donors (Lipinski definition) is 1. The van der Waals surface area contributed by atoms with E-state index in [1.165, 1.54) is 13.2 Å². The number of rotatable bonds is 3. The lowest BCUT2D eigenvalue weighted by atomic mass is 9.99. The maximum atomic E-state index is 11.2.